The van der Waals surface area contributed by atoms with Gasteiger partial charge >= 0.3 is 0 Å². The van der Waals surface area contributed by atoms with E-state index in [1.54, 1.807) is 0 Å². The first kappa shape index (κ1) is 15.5. The normalized spacial score (nSPS) is 22.5. The van der Waals surface area contributed by atoms with E-state index in [9.17, 15) is 4.79 Å². The van der Waals surface area contributed by atoms with Crippen LogP contribution in [0, 0.1) is 18.8 Å². The molecular weight excluding hydrogens is 276 g/mol. The van der Waals surface area contributed by atoms with Gasteiger partial charge in [0.2, 0.25) is 0 Å². The Labute approximate surface area is 132 Å². The third-order valence-electron chi connectivity index (χ3n) is 4.71. The minimum absolute atomic E-state index is 0.0514. The summed E-state index contributed by atoms with van der Waals surface area (Å²) in [7, 11) is 0. The maximum Gasteiger partial charge on any atom is 0.255 e. The van der Waals surface area contributed by atoms with Gasteiger partial charge in [0, 0.05) is 31.2 Å². The van der Waals surface area contributed by atoms with Gasteiger partial charge in [-0.3, -0.25) is 9.89 Å². The fourth-order valence-electron chi connectivity index (χ4n) is 3.47. The van der Waals surface area contributed by atoms with Gasteiger partial charge in [0.15, 0.2) is 0 Å². The lowest BCUT2D eigenvalue weighted by Gasteiger charge is -2.18. The topological polar surface area (TPSA) is 61.0 Å². The average molecular weight is 304 g/mol. The highest BCUT2D eigenvalue weighted by molar-refractivity contribution is 5.96. The van der Waals surface area contributed by atoms with Gasteiger partial charge < -0.3 is 10.2 Å². The molecule has 1 aliphatic heterocycles. The SMILES string of the molecule is Cc1[nH]nc(C2CC2)c1C(=O)NC[C@H]1CCN(CC(C)C)C1. The van der Waals surface area contributed by atoms with Crippen LogP contribution in [0.25, 0.3) is 0 Å². The Bertz CT molecular complexity index is 533. The van der Waals surface area contributed by atoms with Gasteiger partial charge in [-0.1, -0.05) is 13.8 Å². The number of rotatable bonds is 6. The third-order valence-corrected chi connectivity index (χ3v) is 4.71. The molecule has 122 valence electrons. The number of H-pyrrole nitrogens is 1. The van der Waals surface area contributed by atoms with Gasteiger partial charge in [-0.2, -0.15) is 5.10 Å². The molecule has 1 aromatic rings. The zero-order valence-corrected chi connectivity index (χ0v) is 14.0. The summed E-state index contributed by atoms with van der Waals surface area (Å²) in [5.41, 5.74) is 2.66. The molecule has 0 unspecified atom stereocenters. The summed E-state index contributed by atoms with van der Waals surface area (Å²) in [4.78, 5) is 15.0. The van der Waals surface area contributed by atoms with Crippen LogP contribution in [0.5, 0.6) is 0 Å². The number of likely N-dealkylation sites (tertiary alicyclic amines) is 1. The highest BCUT2D eigenvalue weighted by atomic mass is 16.1. The van der Waals surface area contributed by atoms with Gasteiger partial charge in [0.05, 0.1) is 11.3 Å². The van der Waals surface area contributed by atoms with Crippen LogP contribution in [-0.4, -0.2) is 47.2 Å². The van der Waals surface area contributed by atoms with Gasteiger partial charge in [-0.25, -0.2) is 0 Å². The lowest BCUT2D eigenvalue weighted by atomic mass is 10.1. The number of carbonyl (C=O) groups is 1. The van der Waals surface area contributed by atoms with Gasteiger partial charge in [-0.15, -0.1) is 0 Å². The maximum atomic E-state index is 12.5. The smallest absolute Gasteiger partial charge is 0.255 e. The lowest BCUT2D eigenvalue weighted by Crippen LogP contribution is -2.32. The minimum atomic E-state index is 0.0514. The van der Waals surface area contributed by atoms with E-state index in [1.165, 1.54) is 6.42 Å². The number of nitrogens with one attached hydrogen (secondary N) is 2. The van der Waals surface area contributed by atoms with Crippen LogP contribution in [0.2, 0.25) is 0 Å². The van der Waals surface area contributed by atoms with E-state index in [-0.39, 0.29) is 5.91 Å². The maximum absolute atomic E-state index is 12.5. The molecule has 0 spiro atoms. The van der Waals surface area contributed by atoms with E-state index < -0.39 is 0 Å². The molecule has 3 rings (SSSR count). The van der Waals surface area contributed by atoms with Gasteiger partial charge in [0.25, 0.3) is 5.91 Å². The molecule has 2 fully saturated rings. The van der Waals surface area contributed by atoms with E-state index in [4.69, 9.17) is 0 Å². The molecule has 0 bridgehead atoms. The van der Waals surface area contributed by atoms with Crippen LogP contribution in [-0.2, 0) is 0 Å². The Balaban J connectivity index is 1.52. The predicted molar refractivity (Wildman–Crippen MR) is 87.0 cm³/mol. The summed E-state index contributed by atoms with van der Waals surface area (Å²) >= 11 is 0. The van der Waals surface area contributed by atoms with Crippen molar-refractivity contribution in [3.63, 3.8) is 0 Å². The van der Waals surface area contributed by atoms with E-state index >= 15 is 0 Å². The summed E-state index contributed by atoms with van der Waals surface area (Å²) < 4.78 is 0. The summed E-state index contributed by atoms with van der Waals surface area (Å²) in [6, 6.07) is 0. The number of nitrogens with zero attached hydrogens (tertiary/aromatic N) is 2. The van der Waals surface area contributed by atoms with Crippen LogP contribution in [0.1, 0.15) is 60.8 Å². The third kappa shape index (κ3) is 3.51. The zero-order valence-electron chi connectivity index (χ0n) is 14.0. The number of aromatic amines is 1. The van der Waals surface area contributed by atoms with E-state index in [0.717, 1.165) is 56.0 Å². The molecule has 5 heteroatoms. The molecule has 5 nitrogen and oxygen atoms in total. The second kappa shape index (κ2) is 6.41. The Morgan fingerprint density at radius 1 is 1.41 bits per heavy atom. The lowest BCUT2D eigenvalue weighted by molar-refractivity contribution is 0.0945. The van der Waals surface area contributed by atoms with Gasteiger partial charge in [0.1, 0.15) is 0 Å². The van der Waals surface area contributed by atoms with Crippen molar-refractivity contribution < 1.29 is 4.79 Å². The predicted octanol–water partition coefficient (Wildman–Crippen LogP) is 2.30. The first-order valence-corrected chi connectivity index (χ1v) is 8.60. The highest BCUT2D eigenvalue weighted by Crippen LogP contribution is 2.41. The van der Waals surface area contributed by atoms with Crippen LogP contribution >= 0.6 is 0 Å². The standard InChI is InChI=1S/C17H28N4O/c1-11(2)9-21-7-6-13(10-21)8-18-17(22)15-12(3)19-20-16(15)14-4-5-14/h11,13-14H,4-10H2,1-3H3,(H,18,22)(H,19,20)/t13-/m1/s1. The molecule has 2 heterocycles. The average Bonchev–Trinajstić information content (AvgIpc) is 3.09. The largest absolute Gasteiger partial charge is 0.352 e. The molecule has 2 N–H and O–H groups in total. The van der Waals surface area contributed by atoms with Crippen LogP contribution < -0.4 is 5.32 Å². The van der Waals surface area contributed by atoms with Crippen molar-refractivity contribution in [1.29, 1.82) is 0 Å². The Morgan fingerprint density at radius 3 is 2.86 bits per heavy atom. The van der Waals surface area contributed by atoms with E-state index in [2.05, 4.69) is 34.3 Å². The molecule has 0 radical (unpaired) electrons. The van der Waals surface area contributed by atoms with Crippen LogP contribution in [0.15, 0.2) is 0 Å². The number of carbonyl (C=O) groups excluding carboxylic acids is 1. The number of aryl methyl sites for hydroxylation is 1. The summed E-state index contributed by atoms with van der Waals surface area (Å²) in [6.07, 6.45) is 3.52. The molecule has 1 atom stereocenters. The Kier molecular flexibility index (Phi) is 4.52. The van der Waals surface area contributed by atoms with Crippen molar-refractivity contribution in [1.82, 2.24) is 20.4 Å². The van der Waals surface area contributed by atoms with Crippen molar-refractivity contribution in [2.24, 2.45) is 11.8 Å². The molecule has 22 heavy (non-hydrogen) atoms. The summed E-state index contributed by atoms with van der Waals surface area (Å²) in [5.74, 6) is 1.84. The fourth-order valence-corrected chi connectivity index (χ4v) is 3.47. The molecule has 1 amide bonds. The van der Waals surface area contributed by atoms with Crippen molar-refractivity contribution >= 4 is 5.91 Å². The van der Waals surface area contributed by atoms with E-state index in [1.807, 2.05) is 6.92 Å². The van der Waals surface area contributed by atoms with Crippen molar-refractivity contribution in [2.75, 3.05) is 26.2 Å². The number of amides is 1. The second-order valence-electron chi connectivity index (χ2n) is 7.40. The fraction of sp³-hybridized carbons (Fsp3) is 0.765. The van der Waals surface area contributed by atoms with Gasteiger partial charge in [-0.05, 0) is 44.6 Å². The van der Waals surface area contributed by atoms with Crippen molar-refractivity contribution in [3.05, 3.63) is 17.0 Å². The second-order valence-corrected chi connectivity index (χ2v) is 7.40. The number of hydrogen-bond acceptors (Lipinski definition) is 3. The van der Waals surface area contributed by atoms with E-state index in [0.29, 0.717) is 17.8 Å². The number of hydrogen-bond donors (Lipinski definition) is 2. The molecule has 1 aliphatic carbocycles. The minimum Gasteiger partial charge on any atom is -0.352 e. The zero-order chi connectivity index (χ0) is 15.7. The summed E-state index contributed by atoms with van der Waals surface area (Å²) in [6.45, 7) is 10.7. The molecular formula is C17H28N4O. The molecule has 1 aromatic heterocycles. The van der Waals surface area contributed by atoms with Crippen LogP contribution in [0.3, 0.4) is 0 Å². The molecule has 1 saturated carbocycles. The first-order valence-electron chi connectivity index (χ1n) is 8.60. The summed E-state index contributed by atoms with van der Waals surface area (Å²) in [5, 5.41) is 10.4. The quantitative estimate of drug-likeness (QED) is 0.848. The Hall–Kier alpha value is -1.36. The monoisotopic (exact) mass is 304 g/mol. The van der Waals surface area contributed by atoms with Crippen LogP contribution in [0.4, 0.5) is 0 Å². The van der Waals surface area contributed by atoms with Crippen molar-refractivity contribution in [2.45, 2.75) is 46.0 Å². The number of aromatic nitrogens is 2. The molecule has 1 saturated heterocycles. The molecule has 0 aromatic carbocycles. The Morgan fingerprint density at radius 2 is 2.18 bits per heavy atom. The first-order chi connectivity index (χ1) is 10.5. The molecule has 2 aliphatic rings. The highest BCUT2D eigenvalue weighted by Gasteiger charge is 2.32. The van der Waals surface area contributed by atoms with Crippen molar-refractivity contribution in [3.8, 4) is 0 Å².